The average Bonchev–Trinajstić information content (AvgIpc) is 3.24. The van der Waals surface area contributed by atoms with Gasteiger partial charge in [-0.05, 0) is 60.8 Å². The Kier molecular flexibility index (Phi) is 4.77. The highest BCUT2D eigenvalue weighted by Gasteiger charge is 2.10. The lowest BCUT2D eigenvalue weighted by Crippen LogP contribution is -2.08. The molecule has 0 saturated heterocycles. The number of benzene rings is 2. The minimum Gasteiger partial charge on any atom is -0.423 e. The molecule has 0 aliphatic heterocycles. The van der Waals surface area contributed by atoms with Crippen LogP contribution >= 0.6 is 11.3 Å². The Bertz CT molecular complexity index is 1070. The third-order valence-electron chi connectivity index (χ3n) is 4.01. The minimum absolute atomic E-state index is 0.373. The van der Waals surface area contributed by atoms with Crippen LogP contribution in [-0.2, 0) is 0 Å². The first-order chi connectivity index (χ1) is 13.2. The number of aromatic nitrogens is 2. The maximum absolute atomic E-state index is 12.3. The van der Waals surface area contributed by atoms with Crippen LogP contribution in [0.4, 0.5) is 0 Å². The summed E-state index contributed by atoms with van der Waals surface area (Å²) >= 11 is 1.64. The number of esters is 1. The Labute approximate surface area is 161 Å². The summed E-state index contributed by atoms with van der Waals surface area (Å²) in [6.07, 6.45) is 1.75. The Morgan fingerprint density at radius 1 is 1.00 bits per heavy atom. The molecule has 4 rings (SSSR count). The molecule has 2 aromatic heterocycles. The van der Waals surface area contributed by atoms with Crippen molar-refractivity contribution in [3.8, 4) is 27.7 Å². The Balaban J connectivity index is 1.52. The zero-order valence-corrected chi connectivity index (χ0v) is 15.4. The van der Waals surface area contributed by atoms with Gasteiger partial charge in [0.15, 0.2) is 5.82 Å². The third kappa shape index (κ3) is 3.93. The van der Waals surface area contributed by atoms with E-state index in [1.807, 2.05) is 54.8 Å². The SMILES string of the molecule is Cc1cccc(C(=O)Oc2ccc(-c3nccc(-c4cccs4)n3)cc2)c1. The van der Waals surface area contributed by atoms with Gasteiger partial charge in [0, 0.05) is 11.8 Å². The second-order valence-electron chi connectivity index (χ2n) is 6.03. The van der Waals surface area contributed by atoms with E-state index in [0.29, 0.717) is 17.1 Å². The number of hydrogen-bond acceptors (Lipinski definition) is 5. The molecule has 132 valence electrons. The van der Waals surface area contributed by atoms with E-state index in [4.69, 9.17) is 4.74 Å². The van der Waals surface area contributed by atoms with Gasteiger partial charge in [0.1, 0.15) is 5.75 Å². The number of aryl methyl sites for hydroxylation is 1. The number of thiophene rings is 1. The molecule has 2 heterocycles. The van der Waals surface area contributed by atoms with Gasteiger partial charge in [-0.1, -0.05) is 23.8 Å². The van der Waals surface area contributed by atoms with E-state index in [0.717, 1.165) is 21.7 Å². The molecule has 5 heteroatoms. The van der Waals surface area contributed by atoms with Gasteiger partial charge in [-0.2, -0.15) is 0 Å². The maximum atomic E-state index is 12.3. The number of hydrogen-bond donors (Lipinski definition) is 0. The summed E-state index contributed by atoms with van der Waals surface area (Å²) in [6.45, 7) is 1.94. The van der Waals surface area contributed by atoms with Crippen molar-refractivity contribution in [3.63, 3.8) is 0 Å². The van der Waals surface area contributed by atoms with Gasteiger partial charge >= 0.3 is 5.97 Å². The first-order valence-electron chi connectivity index (χ1n) is 8.45. The normalized spacial score (nSPS) is 10.6. The number of ether oxygens (including phenoxy) is 1. The minimum atomic E-state index is -0.373. The smallest absolute Gasteiger partial charge is 0.343 e. The van der Waals surface area contributed by atoms with E-state index in [1.165, 1.54) is 0 Å². The molecule has 27 heavy (non-hydrogen) atoms. The molecule has 0 saturated carbocycles. The Morgan fingerprint density at radius 2 is 1.85 bits per heavy atom. The number of carbonyl (C=O) groups is 1. The van der Waals surface area contributed by atoms with Gasteiger partial charge in [-0.3, -0.25) is 0 Å². The van der Waals surface area contributed by atoms with Gasteiger partial charge in [-0.25, -0.2) is 14.8 Å². The van der Waals surface area contributed by atoms with Crippen LogP contribution in [0.25, 0.3) is 22.0 Å². The Hall–Kier alpha value is -3.31. The van der Waals surface area contributed by atoms with Crippen molar-refractivity contribution in [2.24, 2.45) is 0 Å². The summed E-state index contributed by atoms with van der Waals surface area (Å²) in [5.41, 5.74) is 3.31. The lowest BCUT2D eigenvalue weighted by Gasteiger charge is -2.06. The largest absolute Gasteiger partial charge is 0.423 e. The monoisotopic (exact) mass is 372 g/mol. The van der Waals surface area contributed by atoms with Crippen molar-refractivity contribution >= 4 is 17.3 Å². The molecule has 0 aliphatic carbocycles. The summed E-state index contributed by atoms with van der Waals surface area (Å²) in [7, 11) is 0. The van der Waals surface area contributed by atoms with E-state index in [-0.39, 0.29) is 5.97 Å². The summed E-state index contributed by atoms with van der Waals surface area (Å²) in [5.74, 6) is 0.750. The average molecular weight is 372 g/mol. The topological polar surface area (TPSA) is 52.1 Å². The van der Waals surface area contributed by atoms with Crippen LogP contribution in [0.5, 0.6) is 5.75 Å². The quantitative estimate of drug-likeness (QED) is 0.355. The highest BCUT2D eigenvalue weighted by atomic mass is 32.1. The van der Waals surface area contributed by atoms with Crippen LogP contribution < -0.4 is 4.74 Å². The predicted molar refractivity (Wildman–Crippen MR) is 107 cm³/mol. The summed E-state index contributed by atoms with van der Waals surface area (Å²) in [6, 6.07) is 20.5. The number of rotatable bonds is 4. The van der Waals surface area contributed by atoms with E-state index < -0.39 is 0 Å². The van der Waals surface area contributed by atoms with Crippen LogP contribution in [0.15, 0.2) is 78.3 Å². The highest BCUT2D eigenvalue weighted by molar-refractivity contribution is 7.13. The van der Waals surface area contributed by atoms with Crippen LogP contribution in [0, 0.1) is 6.92 Å². The van der Waals surface area contributed by atoms with Gasteiger partial charge in [0.2, 0.25) is 0 Å². The second-order valence-corrected chi connectivity index (χ2v) is 6.97. The molecule has 0 fully saturated rings. The zero-order chi connectivity index (χ0) is 18.6. The molecular weight excluding hydrogens is 356 g/mol. The predicted octanol–water partition coefficient (Wildman–Crippen LogP) is 5.40. The second kappa shape index (κ2) is 7.51. The lowest BCUT2D eigenvalue weighted by atomic mass is 10.1. The molecule has 0 amide bonds. The fourth-order valence-electron chi connectivity index (χ4n) is 2.67. The Morgan fingerprint density at radius 3 is 2.59 bits per heavy atom. The number of carbonyl (C=O) groups excluding carboxylic acids is 1. The molecule has 0 spiro atoms. The van der Waals surface area contributed by atoms with Crippen LogP contribution in [0.1, 0.15) is 15.9 Å². The molecule has 4 aromatic rings. The summed E-state index contributed by atoms with van der Waals surface area (Å²) in [5, 5.41) is 2.02. The van der Waals surface area contributed by atoms with E-state index in [9.17, 15) is 4.79 Å². The molecule has 0 N–H and O–H groups in total. The molecule has 0 aliphatic rings. The first kappa shape index (κ1) is 17.1. The van der Waals surface area contributed by atoms with Crippen molar-refractivity contribution in [1.82, 2.24) is 9.97 Å². The molecule has 4 nitrogen and oxygen atoms in total. The lowest BCUT2D eigenvalue weighted by molar-refractivity contribution is 0.0734. The first-order valence-corrected chi connectivity index (χ1v) is 9.33. The van der Waals surface area contributed by atoms with Crippen molar-refractivity contribution in [2.45, 2.75) is 6.92 Å². The van der Waals surface area contributed by atoms with Gasteiger partial charge < -0.3 is 4.74 Å². The van der Waals surface area contributed by atoms with Crippen molar-refractivity contribution in [3.05, 3.63) is 89.4 Å². The van der Waals surface area contributed by atoms with Gasteiger partial charge in [-0.15, -0.1) is 11.3 Å². The van der Waals surface area contributed by atoms with Crippen LogP contribution in [0.3, 0.4) is 0 Å². The summed E-state index contributed by atoms with van der Waals surface area (Å²) < 4.78 is 5.45. The maximum Gasteiger partial charge on any atom is 0.343 e. The van der Waals surface area contributed by atoms with Gasteiger partial charge in [0.05, 0.1) is 16.1 Å². The molecule has 0 atom stereocenters. The molecule has 0 unspecified atom stereocenters. The molecule has 0 bridgehead atoms. The molecular formula is C22H16N2O2S. The van der Waals surface area contributed by atoms with E-state index in [1.54, 1.807) is 41.8 Å². The van der Waals surface area contributed by atoms with E-state index >= 15 is 0 Å². The standard InChI is InChI=1S/C22H16N2O2S/c1-15-4-2-5-17(14-15)22(25)26-18-9-7-16(8-10-18)21-23-12-11-19(24-21)20-6-3-13-27-20/h2-14H,1H3. The fraction of sp³-hybridized carbons (Fsp3) is 0.0455. The van der Waals surface area contributed by atoms with Crippen LogP contribution in [-0.4, -0.2) is 15.9 Å². The van der Waals surface area contributed by atoms with E-state index in [2.05, 4.69) is 9.97 Å². The molecule has 0 radical (unpaired) electrons. The third-order valence-corrected chi connectivity index (χ3v) is 4.90. The highest BCUT2D eigenvalue weighted by Crippen LogP contribution is 2.25. The zero-order valence-electron chi connectivity index (χ0n) is 14.6. The molecule has 2 aromatic carbocycles. The van der Waals surface area contributed by atoms with Gasteiger partial charge in [0.25, 0.3) is 0 Å². The number of nitrogens with zero attached hydrogens (tertiary/aromatic N) is 2. The van der Waals surface area contributed by atoms with Crippen molar-refractivity contribution in [1.29, 1.82) is 0 Å². The van der Waals surface area contributed by atoms with Crippen LogP contribution in [0.2, 0.25) is 0 Å². The summed E-state index contributed by atoms with van der Waals surface area (Å²) in [4.78, 5) is 22.3. The van der Waals surface area contributed by atoms with Crippen molar-refractivity contribution < 1.29 is 9.53 Å². The van der Waals surface area contributed by atoms with Crippen molar-refractivity contribution in [2.75, 3.05) is 0 Å². The fourth-order valence-corrected chi connectivity index (χ4v) is 3.36.